The summed E-state index contributed by atoms with van der Waals surface area (Å²) in [7, 11) is 0. The van der Waals surface area contributed by atoms with E-state index in [1.54, 1.807) is 36.1 Å². The molecule has 0 N–H and O–H groups in total. The second-order valence-electron chi connectivity index (χ2n) is 10.3. The molecule has 9 nitrogen and oxygen atoms in total. The van der Waals surface area contributed by atoms with Crippen LogP contribution < -0.4 is 14.9 Å². The van der Waals surface area contributed by atoms with Gasteiger partial charge in [-0.05, 0) is 41.8 Å². The van der Waals surface area contributed by atoms with E-state index in [-0.39, 0.29) is 23.7 Å². The smallest absolute Gasteiger partial charge is 0.308 e. The highest BCUT2D eigenvalue weighted by molar-refractivity contribution is 5.96. The first-order valence-corrected chi connectivity index (χ1v) is 13.9. The van der Waals surface area contributed by atoms with Gasteiger partial charge in [0, 0.05) is 50.3 Å². The van der Waals surface area contributed by atoms with Crippen LogP contribution in [0.3, 0.4) is 0 Å². The molecule has 1 fully saturated rings. The summed E-state index contributed by atoms with van der Waals surface area (Å²) in [4.78, 5) is 41.1. The molecular weight excluding hydrogens is 546 g/mol. The third-order valence-electron chi connectivity index (χ3n) is 7.37. The van der Waals surface area contributed by atoms with Crippen LogP contribution in [-0.2, 0) is 17.9 Å². The van der Waals surface area contributed by atoms with Crippen molar-refractivity contribution in [2.45, 2.75) is 27.0 Å². The van der Waals surface area contributed by atoms with Gasteiger partial charge in [-0.2, -0.15) is 5.26 Å². The zero-order valence-electron chi connectivity index (χ0n) is 24.0. The van der Waals surface area contributed by atoms with Crippen LogP contribution in [0.1, 0.15) is 39.7 Å². The largest absolute Gasteiger partial charge is 0.482 e. The van der Waals surface area contributed by atoms with Crippen molar-refractivity contribution in [3.05, 3.63) is 117 Å². The lowest BCUT2D eigenvalue weighted by molar-refractivity contribution is -0.131. The first-order valence-electron chi connectivity index (χ1n) is 13.9. The summed E-state index contributed by atoms with van der Waals surface area (Å²) in [6, 6.07) is 23.9. The van der Waals surface area contributed by atoms with Gasteiger partial charge >= 0.3 is 5.97 Å². The average molecular weight is 578 g/mol. The Morgan fingerprint density at radius 2 is 1.70 bits per heavy atom. The zero-order valence-corrected chi connectivity index (χ0v) is 24.0. The maximum absolute atomic E-state index is 13.2. The summed E-state index contributed by atoms with van der Waals surface area (Å²) < 4.78 is 16.7. The van der Waals surface area contributed by atoms with E-state index in [0.29, 0.717) is 60.9 Å². The van der Waals surface area contributed by atoms with E-state index in [2.05, 4.69) is 11.0 Å². The number of benzene rings is 3. The lowest BCUT2D eigenvalue weighted by Gasteiger charge is -2.34. The summed E-state index contributed by atoms with van der Waals surface area (Å²) in [5.74, 6) is 0.487. The van der Waals surface area contributed by atoms with Crippen LogP contribution in [0.5, 0.6) is 11.5 Å². The molecule has 1 amide bonds. The predicted octanol–water partition coefficient (Wildman–Crippen LogP) is 4.95. The second kappa shape index (κ2) is 13.2. The first-order chi connectivity index (χ1) is 20.8. The van der Waals surface area contributed by atoms with Crippen LogP contribution in [0, 0.1) is 18.3 Å². The van der Waals surface area contributed by atoms with Crippen LogP contribution in [0.25, 0.3) is 11.1 Å². The Balaban J connectivity index is 1.13. The van der Waals surface area contributed by atoms with E-state index in [1.807, 2.05) is 42.5 Å². The molecule has 218 valence electrons. The number of nitrogens with zero attached hydrogens (tertiary/aromatic N) is 3. The van der Waals surface area contributed by atoms with Crippen LogP contribution in [0.15, 0.2) is 88.3 Å². The van der Waals surface area contributed by atoms with Crippen molar-refractivity contribution in [1.29, 1.82) is 5.26 Å². The first kappa shape index (κ1) is 29.3. The number of piperazine rings is 1. The van der Waals surface area contributed by atoms with E-state index in [9.17, 15) is 19.6 Å². The summed E-state index contributed by atoms with van der Waals surface area (Å²) >= 11 is 0. The summed E-state index contributed by atoms with van der Waals surface area (Å²) in [5.41, 5.74) is 4.15. The molecule has 0 saturated carbocycles. The number of esters is 1. The second-order valence-corrected chi connectivity index (χ2v) is 10.3. The molecular formula is C34H31N3O6. The van der Waals surface area contributed by atoms with E-state index < -0.39 is 5.97 Å². The fourth-order valence-corrected chi connectivity index (χ4v) is 5.01. The van der Waals surface area contributed by atoms with Gasteiger partial charge in [-0.1, -0.05) is 48.5 Å². The van der Waals surface area contributed by atoms with Gasteiger partial charge in [-0.15, -0.1) is 0 Å². The van der Waals surface area contributed by atoms with Gasteiger partial charge in [0.15, 0.2) is 0 Å². The fraction of sp³-hybridized carbons (Fsp3) is 0.235. The average Bonchev–Trinajstić information content (AvgIpc) is 3.02. The number of hydrogen-bond donors (Lipinski definition) is 0. The normalized spacial score (nSPS) is 13.3. The standard InChI is InChI=1S/C34H31N3O6/c1-23-29(8-5-9-32(23)43-24(2)38)34(40)37-16-14-36(15-17-37)20-28-18-31(39)33(22-41-28)42-21-25-10-12-26(13-11-25)30-7-4-3-6-27(30)19-35/h3-13,18,22H,14-17,20-21H2,1-2H3. The number of hydrogen-bond acceptors (Lipinski definition) is 8. The molecule has 43 heavy (non-hydrogen) atoms. The molecule has 5 rings (SSSR count). The Morgan fingerprint density at radius 3 is 2.40 bits per heavy atom. The lowest BCUT2D eigenvalue weighted by Crippen LogP contribution is -2.48. The van der Waals surface area contributed by atoms with Gasteiger partial charge in [-0.25, -0.2) is 0 Å². The van der Waals surface area contributed by atoms with Crippen molar-refractivity contribution in [3.63, 3.8) is 0 Å². The highest BCUT2D eigenvalue weighted by Gasteiger charge is 2.25. The van der Waals surface area contributed by atoms with Crippen LogP contribution in [0.4, 0.5) is 0 Å². The van der Waals surface area contributed by atoms with E-state index in [1.165, 1.54) is 19.3 Å². The third-order valence-corrected chi connectivity index (χ3v) is 7.37. The molecule has 1 aliphatic rings. The monoisotopic (exact) mass is 577 g/mol. The molecule has 0 unspecified atom stereocenters. The summed E-state index contributed by atoms with van der Waals surface area (Å²) in [6.45, 7) is 6.00. The van der Waals surface area contributed by atoms with Crippen molar-refractivity contribution in [3.8, 4) is 28.7 Å². The molecule has 2 heterocycles. The van der Waals surface area contributed by atoms with Crippen LogP contribution in [0.2, 0.25) is 0 Å². The van der Waals surface area contributed by atoms with Crippen molar-refractivity contribution in [2.75, 3.05) is 26.2 Å². The number of amides is 1. The van der Waals surface area contributed by atoms with Crippen molar-refractivity contribution in [2.24, 2.45) is 0 Å². The van der Waals surface area contributed by atoms with Gasteiger partial charge in [0.25, 0.3) is 5.91 Å². The molecule has 0 radical (unpaired) electrons. The van der Waals surface area contributed by atoms with Crippen molar-refractivity contribution < 1.29 is 23.5 Å². The van der Waals surface area contributed by atoms with Crippen molar-refractivity contribution >= 4 is 11.9 Å². The van der Waals surface area contributed by atoms with Gasteiger partial charge in [0.2, 0.25) is 11.2 Å². The Labute approximate surface area is 249 Å². The highest BCUT2D eigenvalue weighted by Crippen LogP contribution is 2.25. The molecule has 0 bridgehead atoms. The lowest BCUT2D eigenvalue weighted by atomic mass is 9.99. The number of nitriles is 1. The Kier molecular flexibility index (Phi) is 8.99. The predicted molar refractivity (Wildman–Crippen MR) is 160 cm³/mol. The topological polar surface area (TPSA) is 113 Å². The molecule has 3 aromatic carbocycles. The number of ether oxygens (including phenoxy) is 2. The Bertz CT molecular complexity index is 1730. The number of rotatable bonds is 8. The molecule has 0 spiro atoms. The molecule has 1 aliphatic heterocycles. The van der Waals surface area contributed by atoms with Gasteiger partial charge in [0.05, 0.1) is 18.2 Å². The van der Waals surface area contributed by atoms with Gasteiger partial charge in [0.1, 0.15) is 24.4 Å². The van der Waals surface area contributed by atoms with Crippen molar-refractivity contribution in [1.82, 2.24) is 9.80 Å². The van der Waals surface area contributed by atoms with Crippen LogP contribution in [-0.4, -0.2) is 47.9 Å². The maximum Gasteiger partial charge on any atom is 0.308 e. The highest BCUT2D eigenvalue weighted by atomic mass is 16.5. The minimum absolute atomic E-state index is 0.110. The maximum atomic E-state index is 13.2. The Morgan fingerprint density at radius 1 is 0.953 bits per heavy atom. The van der Waals surface area contributed by atoms with Gasteiger partial charge in [-0.3, -0.25) is 19.3 Å². The molecule has 1 aromatic heterocycles. The molecule has 0 atom stereocenters. The number of carbonyl (C=O) groups is 2. The van der Waals surface area contributed by atoms with Crippen LogP contribution >= 0.6 is 0 Å². The fourth-order valence-electron chi connectivity index (χ4n) is 5.01. The minimum atomic E-state index is -0.432. The van der Waals surface area contributed by atoms with E-state index in [4.69, 9.17) is 13.9 Å². The van der Waals surface area contributed by atoms with E-state index in [0.717, 1.165) is 16.7 Å². The SMILES string of the molecule is CC(=O)Oc1cccc(C(=O)N2CCN(Cc3cc(=O)c(OCc4ccc(-c5ccccc5C#N)cc4)co3)CC2)c1C. The zero-order chi connectivity index (χ0) is 30.3. The summed E-state index contributed by atoms with van der Waals surface area (Å²) in [5, 5.41) is 9.35. The molecule has 9 heteroatoms. The summed E-state index contributed by atoms with van der Waals surface area (Å²) in [6.07, 6.45) is 1.34. The molecule has 1 saturated heterocycles. The van der Waals surface area contributed by atoms with Gasteiger partial charge < -0.3 is 18.8 Å². The number of carbonyl (C=O) groups excluding carboxylic acids is 2. The minimum Gasteiger partial charge on any atom is -0.482 e. The quantitative estimate of drug-likeness (QED) is 0.214. The molecule has 0 aliphatic carbocycles. The third kappa shape index (κ3) is 7.00. The van der Waals surface area contributed by atoms with E-state index >= 15 is 0 Å². The molecule has 4 aromatic rings. The Hall–Kier alpha value is -5.20.